The lowest BCUT2D eigenvalue weighted by molar-refractivity contribution is -0.144. The molecule has 0 aliphatic heterocycles. The Balaban J connectivity index is 5.41. The molecular formula is C17H30N4O7. The number of carboxylic acids is 2. The van der Waals surface area contributed by atoms with Gasteiger partial charge in [-0.2, -0.15) is 0 Å². The van der Waals surface area contributed by atoms with E-state index in [4.69, 9.17) is 10.8 Å². The summed E-state index contributed by atoms with van der Waals surface area (Å²) >= 11 is 0. The van der Waals surface area contributed by atoms with E-state index in [9.17, 15) is 29.1 Å². The van der Waals surface area contributed by atoms with E-state index in [1.165, 1.54) is 6.92 Å². The summed E-state index contributed by atoms with van der Waals surface area (Å²) in [7, 11) is 0. The van der Waals surface area contributed by atoms with Gasteiger partial charge in [0.05, 0.1) is 12.5 Å². The predicted octanol–water partition coefficient (Wildman–Crippen LogP) is -1.34. The van der Waals surface area contributed by atoms with Crippen LogP contribution < -0.4 is 21.7 Å². The minimum absolute atomic E-state index is 0.376. The maximum Gasteiger partial charge on any atom is 0.326 e. The van der Waals surface area contributed by atoms with Gasteiger partial charge in [0.15, 0.2) is 0 Å². The van der Waals surface area contributed by atoms with E-state index in [0.29, 0.717) is 0 Å². The first-order valence-corrected chi connectivity index (χ1v) is 8.89. The quantitative estimate of drug-likeness (QED) is 0.245. The Labute approximate surface area is 163 Å². The molecule has 0 spiro atoms. The lowest BCUT2D eigenvalue weighted by atomic mass is 10.0. The molecule has 28 heavy (non-hydrogen) atoms. The van der Waals surface area contributed by atoms with Gasteiger partial charge in [-0.1, -0.05) is 27.7 Å². The van der Waals surface area contributed by atoms with Crippen LogP contribution in [0.4, 0.5) is 0 Å². The highest BCUT2D eigenvalue weighted by atomic mass is 16.4. The molecule has 0 aromatic heterocycles. The van der Waals surface area contributed by atoms with E-state index in [0.717, 1.165) is 0 Å². The zero-order valence-electron chi connectivity index (χ0n) is 16.7. The van der Waals surface area contributed by atoms with E-state index >= 15 is 0 Å². The minimum atomic E-state index is -1.51. The Morgan fingerprint density at radius 2 is 1.21 bits per heavy atom. The molecule has 4 atom stereocenters. The molecule has 0 rings (SSSR count). The van der Waals surface area contributed by atoms with Crippen LogP contribution >= 0.6 is 0 Å². The lowest BCUT2D eigenvalue weighted by Gasteiger charge is -2.26. The Kier molecular flexibility index (Phi) is 10.1. The maximum atomic E-state index is 12.5. The summed E-state index contributed by atoms with van der Waals surface area (Å²) in [4.78, 5) is 59.1. The molecular weight excluding hydrogens is 372 g/mol. The van der Waals surface area contributed by atoms with Crippen molar-refractivity contribution >= 4 is 29.7 Å². The molecule has 7 N–H and O–H groups in total. The molecule has 0 aliphatic carbocycles. The zero-order chi connectivity index (χ0) is 22.2. The molecule has 11 nitrogen and oxygen atoms in total. The molecule has 0 aromatic rings. The van der Waals surface area contributed by atoms with E-state index in [2.05, 4.69) is 16.0 Å². The number of aliphatic carboxylic acids is 2. The van der Waals surface area contributed by atoms with Gasteiger partial charge in [-0.05, 0) is 18.8 Å². The molecule has 0 radical (unpaired) electrons. The van der Waals surface area contributed by atoms with Gasteiger partial charge in [-0.15, -0.1) is 0 Å². The van der Waals surface area contributed by atoms with Gasteiger partial charge in [-0.3, -0.25) is 19.2 Å². The number of nitrogens with one attached hydrogen (secondary N) is 3. The van der Waals surface area contributed by atoms with Crippen LogP contribution in [0.1, 0.15) is 41.0 Å². The smallest absolute Gasteiger partial charge is 0.326 e. The third-order valence-corrected chi connectivity index (χ3v) is 3.90. The van der Waals surface area contributed by atoms with Crippen LogP contribution in [0.2, 0.25) is 0 Å². The third kappa shape index (κ3) is 8.33. The topological polar surface area (TPSA) is 188 Å². The van der Waals surface area contributed by atoms with Crippen LogP contribution in [-0.2, 0) is 24.0 Å². The first-order chi connectivity index (χ1) is 12.8. The van der Waals surface area contributed by atoms with E-state index in [1.807, 2.05) is 0 Å². The lowest BCUT2D eigenvalue weighted by Crippen LogP contribution is -2.59. The Morgan fingerprint density at radius 3 is 1.57 bits per heavy atom. The first-order valence-electron chi connectivity index (χ1n) is 8.89. The SMILES string of the molecule is CC(N)C(=O)NC(C(=O)NC(CC(=O)O)C(=O)NC(C(=O)O)C(C)C)C(C)C. The fourth-order valence-electron chi connectivity index (χ4n) is 2.23. The first kappa shape index (κ1) is 25.3. The third-order valence-electron chi connectivity index (χ3n) is 3.90. The molecule has 0 saturated carbocycles. The van der Waals surface area contributed by atoms with E-state index < -0.39 is 66.2 Å². The fraction of sp³-hybridized carbons (Fsp3) is 0.706. The average Bonchev–Trinajstić information content (AvgIpc) is 2.54. The molecule has 4 unspecified atom stereocenters. The molecule has 0 heterocycles. The van der Waals surface area contributed by atoms with Gasteiger partial charge in [-0.25, -0.2) is 4.79 Å². The van der Waals surface area contributed by atoms with Crippen molar-refractivity contribution in [1.29, 1.82) is 0 Å². The Hall–Kier alpha value is -2.69. The van der Waals surface area contributed by atoms with E-state index in [-0.39, 0.29) is 5.92 Å². The normalized spacial score (nSPS) is 15.3. The van der Waals surface area contributed by atoms with Crippen molar-refractivity contribution in [1.82, 2.24) is 16.0 Å². The van der Waals surface area contributed by atoms with Crippen LogP contribution in [0.3, 0.4) is 0 Å². The van der Waals surface area contributed by atoms with Crippen molar-refractivity contribution < 1.29 is 34.2 Å². The summed E-state index contributed by atoms with van der Waals surface area (Å²) in [5.74, 6) is -5.79. The number of hydrogen-bond donors (Lipinski definition) is 6. The van der Waals surface area contributed by atoms with Gasteiger partial charge in [0.2, 0.25) is 17.7 Å². The highest BCUT2D eigenvalue weighted by Crippen LogP contribution is 2.06. The van der Waals surface area contributed by atoms with Crippen molar-refractivity contribution in [2.24, 2.45) is 17.6 Å². The number of carboxylic acid groups (broad SMARTS) is 2. The standard InChI is InChI=1S/C17H30N4O7/c1-7(2)12(20-14(24)9(5)18)16(26)19-10(6-11(22)23)15(25)21-13(8(3)4)17(27)28/h7-10,12-13H,6,18H2,1-5H3,(H,19,26)(H,20,24)(H,21,25)(H,22,23)(H,27,28). The molecule has 0 aliphatic rings. The number of rotatable bonds is 11. The largest absolute Gasteiger partial charge is 0.481 e. The summed E-state index contributed by atoms with van der Waals surface area (Å²) in [5.41, 5.74) is 5.47. The molecule has 0 saturated heterocycles. The van der Waals surface area contributed by atoms with Gasteiger partial charge in [0, 0.05) is 0 Å². The second kappa shape index (κ2) is 11.2. The summed E-state index contributed by atoms with van der Waals surface area (Å²) < 4.78 is 0. The Bertz CT molecular complexity index is 604. The maximum absolute atomic E-state index is 12.5. The van der Waals surface area contributed by atoms with E-state index in [1.54, 1.807) is 27.7 Å². The van der Waals surface area contributed by atoms with Gasteiger partial charge < -0.3 is 31.9 Å². The van der Waals surface area contributed by atoms with Crippen LogP contribution in [0.25, 0.3) is 0 Å². The number of carbonyl (C=O) groups is 5. The summed E-state index contributed by atoms with van der Waals surface area (Å²) in [6, 6.07) is -4.68. The van der Waals surface area contributed by atoms with Gasteiger partial charge in [0.25, 0.3) is 0 Å². The van der Waals surface area contributed by atoms with Crippen molar-refractivity contribution in [2.75, 3.05) is 0 Å². The molecule has 160 valence electrons. The second-order valence-electron chi connectivity index (χ2n) is 7.25. The van der Waals surface area contributed by atoms with Crippen molar-refractivity contribution in [3.05, 3.63) is 0 Å². The number of nitrogens with two attached hydrogens (primary N) is 1. The summed E-state index contributed by atoms with van der Waals surface area (Å²) in [5, 5.41) is 25.2. The zero-order valence-corrected chi connectivity index (χ0v) is 16.7. The minimum Gasteiger partial charge on any atom is -0.481 e. The predicted molar refractivity (Wildman–Crippen MR) is 99.0 cm³/mol. The average molecular weight is 402 g/mol. The number of amides is 3. The highest BCUT2D eigenvalue weighted by molar-refractivity contribution is 5.95. The molecule has 0 aromatic carbocycles. The monoisotopic (exact) mass is 402 g/mol. The van der Waals surface area contributed by atoms with Crippen LogP contribution in [0.5, 0.6) is 0 Å². The summed E-state index contributed by atoms with van der Waals surface area (Å²) in [6.45, 7) is 7.88. The van der Waals surface area contributed by atoms with Crippen LogP contribution in [0.15, 0.2) is 0 Å². The second-order valence-corrected chi connectivity index (χ2v) is 7.25. The Morgan fingerprint density at radius 1 is 0.750 bits per heavy atom. The van der Waals surface area contributed by atoms with Crippen LogP contribution in [0, 0.1) is 11.8 Å². The molecule has 0 bridgehead atoms. The fourth-order valence-corrected chi connectivity index (χ4v) is 2.23. The van der Waals surface area contributed by atoms with Crippen molar-refractivity contribution in [2.45, 2.75) is 65.2 Å². The van der Waals surface area contributed by atoms with Gasteiger partial charge >= 0.3 is 11.9 Å². The van der Waals surface area contributed by atoms with Crippen molar-refractivity contribution in [3.63, 3.8) is 0 Å². The molecule has 11 heteroatoms. The molecule has 3 amide bonds. The van der Waals surface area contributed by atoms with Crippen LogP contribution in [-0.4, -0.2) is 64.0 Å². The summed E-state index contributed by atoms with van der Waals surface area (Å²) in [6.07, 6.45) is -0.756. The molecule has 0 fully saturated rings. The number of carbonyl (C=O) groups excluding carboxylic acids is 3. The highest BCUT2D eigenvalue weighted by Gasteiger charge is 2.33. The van der Waals surface area contributed by atoms with Crippen molar-refractivity contribution in [3.8, 4) is 0 Å². The number of hydrogen-bond acceptors (Lipinski definition) is 6. The van der Waals surface area contributed by atoms with Gasteiger partial charge in [0.1, 0.15) is 18.1 Å².